The zero-order chi connectivity index (χ0) is 12.5. The van der Waals surface area contributed by atoms with E-state index in [1.54, 1.807) is 0 Å². The molecule has 0 aliphatic heterocycles. The number of halogens is 3. The van der Waals surface area contributed by atoms with E-state index in [1.165, 1.54) is 0 Å². The van der Waals surface area contributed by atoms with Gasteiger partial charge >= 0.3 is 5.97 Å². The third kappa shape index (κ3) is 2.38. The lowest BCUT2D eigenvalue weighted by atomic mass is 9.91. The van der Waals surface area contributed by atoms with Crippen molar-refractivity contribution in [3.8, 4) is 0 Å². The van der Waals surface area contributed by atoms with E-state index in [-0.39, 0.29) is 10.0 Å². The summed E-state index contributed by atoms with van der Waals surface area (Å²) in [7, 11) is 0. The number of aliphatic carboxylic acids is 1. The number of aliphatic hydroxyl groups is 1. The van der Waals surface area contributed by atoms with Crippen LogP contribution < -0.4 is 0 Å². The molecule has 0 saturated carbocycles. The number of carboxylic acids is 1. The topological polar surface area (TPSA) is 57.5 Å². The van der Waals surface area contributed by atoms with Crippen LogP contribution in [0.4, 0.5) is 8.78 Å². The van der Waals surface area contributed by atoms with Gasteiger partial charge < -0.3 is 10.2 Å². The quantitative estimate of drug-likeness (QED) is 0.899. The molecular weight excluding hydrogens is 286 g/mol. The third-order valence-electron chi connectivity index (χ3n) is 2.19. The molecule has 2 atom stereocenters. The van der Waals surface area contributed by atoms with E-state index in [0.29, 0.717) is 0 Å². The Morgan fingerprint density at radius 1 is 1.56 bits per heavy atom. The predicted octanol–water partition coefficient (Wildman–Crippen LogP) is 2.22. The zero-order valence-electron chi connectivity index (χ0n) is 8.25. The number of carboxylic acid groups (broad SMARTS) is 1. The second-order valence-corrected chi connectivity index (χ2v) is 4.33. The van der Waals surface area contributed by atoms with Crippen molar-refractivity contribution in [3.05, 3.63) is 34.1 Å². The van der Waals surface area contributed by atoms with Crippen molar-refractivity contribution in [1.82, 2.24) is 0 Å². The average molecular weight is 295 g/mol. The van der Waals surface area contributed by atoms with E-state index in [2.05, 4.69) is 15.9 Å². The molecule has 88 valence electrons. The van der Waals surface area contributed by atoms with Gasteiger partial charge in [0, 0.05) is 10.0 Å². The zero-order valence-corrected chi connectivity index (χ0v) is 9.83. The van der Waals surface area contributed by atoms with Crippen LogP contribution in [-0.2, 0) is 10.4 Å². The summed E-state index contributed by atoms with van der Waals surface area (Å²) in [6.07, 6.45) is -2.49. The highest BCUT2D eigenvalue weighted by atomic mass is 79.9. The molecule has 0 heterocycles. The fourth-order valence-electron chi connectivity index (χ4n) is 1.28. The van der Waals surface area contributed by atoms with Crippen molar-refractivity contribution in [1.29, 1.82) is 0 Å². The molecule has 0 aliphatic rings. The van der Waals surface area contributed by atoms with Crippen LogP contribution in [0.1, 0.15) is 12.5 Å². The lowest BCUT2D eigenvalue weighted by Gasteiger charge is -2.26. The van der Waals surface area contributed by atoms with Gasteiger partial charge in [-0.25, -0.2) is 13.6 Å². The maximum Gasteiger partial charge on any atom is 0.341 e. The molecule has 0 saturated heterocycles. The molecule has 2 N–H and O–H groups in total. The van der Waals surface area contributed by atoms with Crippen LogP contribution in [0.25, 0.3) is 0 Å². The number of benzene rings is 1. The molecule has 0 aromatic heterocycles. The van der Waals surface area contributed by atoms with Crippen LogP contribution >= 0.6 is 15.9 Å². The SMILES string of the molecule is CC(O)(c1ccc(F)cc1Br)C(F)C(=O)O. The molecule has 0 aliphatic carbocycles. The molecular formula is C10H9BrF2O3. The van der Waals surface area contributed by atoms with Gasteiger partial charge in [0.15, 0.2) is 0 Å². The predicted molar refractivity (Wildman–Crippen MR) is 56.2 cm³/mol. The number of rotatable bonds is 3. The van der Waals surface area contributed by atoms with E-state index in [9.17, 15) is 18.7 Å². The van der Waals surface area contributed by atoms with Crippen molar-refractivity contribution in [3.63, 3.8) is 0 Å². The molecule has 0 amide bonds. The molecule has 1 rings (SSSR count). The van der Waals surface area contributed by atoms with Crippen molar-refractivity contribution in [2.24, 2.45) is 0 Å². The first kappa shape index (κ1) is 13.1. The maximum absolute atomic E-state index is 13.3. The van der Waals surface area contributed by atoms with E-state index >= 15 is 0 Å². The highest BCUT2D eigenvalue weighted by Crippen LogP contribution is 2.33. The van der Waals surface area contributed by atoms with E-state index < -0.39 is 23.6 Å². The van der Waals surface area contributed by atoms with E-state index in [0.717, 1.165) is 25.1 Å². The molecule has 16 heavy (non-hydrogen) atoms. The Labute approximate surface area is 98.8 Å². The highest BCUT2D eigenvalue weighted by molar-refractivity contribution is 9.10. The van der Waals surface area contributed by atoms with Gasteiger partial charge in [-0.2, -0.15) is 0 Å². The minimum absolute atomic E-state index is 0.0243. The van der Waals surface area contributed by atoms with E-state index in [4.69, 9.17) is 5.11 Å². The Morgan fingerprint density at radius 3 is 2.56 bits per heavy atom. The van der Waals surface area contributed by atoms with Crippen LogP contribution in [0.15, 0.2) is 22.7 Å². The summed E-state index contributed by atoms with van der Waals surface area (Å²) in [4.78, 5) is 10.5. The Bertz CT molecular complexity index is 421. The standard InChI is InChI=1S/C10H9BrF2O3/c1-10(16,8(13)9(14)15)6-3-2-5(12)4-7(6)11/h2-4,8,16H,1H3,(H,14,15). The maximum atomic E-state index is 13.3. The molecule has 0 spiro atoms. The first-order chi connectivity index (χ1) is 7.26. The monoisotopic (exact) mass is 294 g/mol. The fraction of sp³-hybridized carbons (Fsp3) is 0.300. The fourth-order valence-corrected chi connectivity index (χ4v) is 2.03. The highest BCUT2D eigenvalue weighted by Gasteiger charge is 2.40. The summed E-state index contributed by atoms with van der Waals surface area (Å²) in [6.45, 7) is 1.02. The molecule has 3 nitrogen and oxygen atoms in total. The summed E-state index contributed by atoms with van der Waals surface area (Å²) in [5, 5.41) is 18.3. The van der Waals surface area contributed by atoms with Gasteiger partial charge in [0.2, 0.25) is 6.17 Å². The molecule has 1 aromatic carbocycles. The van der Waals surface area contributed by atoms with Gasteiger partial charge in [-0.15, -0.1) is 0 Å². The number of carbonyl (C=O) groups is 1. The van der Waals surface area contributed by atoms with Gasteiger partial charge in [0.1, 0.15) is 11.4 Å². The summed E-state index contributed by atoms with van der Waals surface area (Å²) >= 11 is 2.94. The van der Waals surface area contributed by atoms with Crippen molar-refractivity contribution < 1.29 is 23.8 Å². The largest absolute Gasteiger partial charge is 0.479 e. The van der Waals surface area contributed by atoms with Crippen molar-refractivity contribution in [2.75, 3.05) is 0 Å². The van der Waals surface area contributed by atoms with Crippen molar-refractivity contribution >= 4 is 21.9 Å². The number of alkyl halides is 1. The minimum atomic E-state index is -2.49. The number of hydrogen-bond donors (Lipinski definition) is 2. The van der Waals surface area contributed by atoms with Crippen molar-refractivity contribution in [2.45, 2.75) is 18.7 Å². The lowest BCUT2D eigenvalue weighted by molar-refractivity contribution is -0.153. The smallest absolute Gasteiger partial charge is 0.341 e. The van der Waals surface area contributed by atoms with Gasteiger partial charge in [0.25, 0.3) is 0 Å². The summed E-state index contributed by atoms with van der Waals surface area (Å²) in [5.74, 6) is -2.35. The molecule has 6 heteroatoms. The van der Waals surface area contributed by atoms with E-state index in [1.807, 2.05) is 0 Å². The average Bonchev–Trinajstić information content (AvgIpc) is 2.15. The Kier molecular flexibility index (Phi) is 3.64. The lowest BCUT2D eigenvalue weighted by Crippen LogP contribution is -2.39. The van der Waals surface area contributed by atoms with Crippen LogP contribution in [0, 0.1) is 5.82 Å². The first-order valence-electron chi connectivity index (χ1n) is 4.31. The van der Waals surface area contributed by atoms with Gasteiger partial charge in [-0.3, -0.25) is 0 Å². The Hall–Kier alpha value is -1.01. The Balaban J connectivity index is 3.21. The summed E-state index contributed by atoms with van der Waals surface area (Å²) in [5.41, 5.74) is -2.25. The first-order valence-corrected chi connectivity index (χ1v) is 5.11. The third-order valence-corrected chi connectivity index (χ3v) is 2.84. The van der Waals surface area contributed by atoms with Crippen LogP contribution in [0.5, 0.6) is 0 Å². The summed E-state index contributed by atoms with van der Waals surface area (Å²) < 4.78 is 26.2. The minimum Gasteiger partial charge on any atom is -0.479 e. The Morgan fingerprint density at radius 2 is 2.12 bits per heavy atom. The summed E-state index contributed by atoms with van der Waals surface area (Å²) in [6, 6.07) is 3.18. The normalized spacial score (nSPS) is 16.6. The van der Waals surface area contributed by atoms with Gasteiger partial charge in [0.05, 0.1) is 0 Å². The molecule has 0 fully saturated rings. The molecule has 1 aromatic rings. The second-order valence-electron chi connectivity index (χ2n) is 3.47. The molecule has 2 unspecified atom stereocenters. The second kappa shape index (κ2) is 4.47. The van der Waals surface area contributed by atoms with Gasteiger partial charge in [-0.1, -0.05) is 22.0 Å². The van der Waals surface area contributed by atoms with Crippen LogP contribution in [0.3, 0.4) is 0 Å². The number of hydrogen-bond acceptors (Lipinski definition) is 2. The van der Waals surface area contributed by atoms with Crippen LogP contribution in [-0.4, -0.2) is 22.4 Å². The molecule has 0 bridgehead atoms. The van der Waals surface area contributed by atoms with Crippen LogP contribution in [0.2, 0.25) is 0 Å². The molecule has 0 radical (unpaired) electrons. The van der Waals surface area contributed by atoms with Gasteiger partial charge in [-0.05, 0) is 19.1 Å².